The number of hydrogen-bond acceptors (Lipinski definition) is 8. The van der Waals surface area contributed by atoms with E-state index < -0.39 is 49.0 Å². The van der Waals surface area contributed by atoms with Crippen molar-refractivity contribution in [3.8, 4) is 0 Å². The highest BCUT2D eigenvalue weighted by Gasteiger charge is 2.57. The number of ether oxygens (including phenoxy) is 1. The molecule has 1 aromatic rings. The number of benzene rings is 1. The minimum atomic E-state index is -1.68. The topological polar surface area (TPSA) is 129 Å². The second-order valence-electron chi connectivity index (χ2n) is 5.52. The van der Waals surface area contributed by atoms with Crippen LogP contribution in [0.25, 0.3) is 0 Å². The lowest BCUT2D eigenvalue weighted by Crippen LogP contribution is -2.49. The third-order valence-corrected chi connectivity index (χ3v) is 4.06. The Hall–Kier alpha value is -2.00. The van der Waals surface area contributed by atoms with Gasteiger partial charge >= 0.3 is 5.97 Å². The van der Waals surface area contributed by atoms with E-state index in [1.807, 2.05) is 6.07 Å². The summed E-state index contributed by atoms with van der Waals surface area (Å²) < 4.78 is 5.11. The minimum Gasteiger partial charge on any atom is -0.455 e. The molecule has 0 aliphatic carbocycles. The lowest BCUT2D eigenvalue weighted by Gasteiger charge is -2.27. The second-order valence-corrected chi connectivity index (χ2v) is 5.52. The number of hydrogen-bond donors (Lipinski definition) is 4. The lowest BCUT2D eigenvalue weighted by atomic mass is 9.89. The fourth-order valence-electron chi connectivity index (χ4n) is 2.80. The molecule has 1 fully saturated rings. The van der Waals surface area contributed by atoms with Crippen LogP contribution in [-0.4, -0.2) is 69.2 Å². The van der Waals surface area contributed by atoms with Gasteiger partial charge in [0.2, 0.25) is 0 Å². The summed E-state index contributed by atoms with van der Waals surface area (Å²) in [5, 5.41) is 42.1. The maximum Gasteiger partial charge on any atom is 0.319 e. The van der Waals surface area contributed by atoms with E-state index in [4.69, 9.17) is 14.7 Å². The van der Waals surface area contributed by atoms with E-state index in [1.54, 1.807) is 24.3 Å². The Labute approximate surface area is 131 Å². The Bertz CT molecular complexity index is 605. The first-order valence-corrected chi connectivity index (χ1v) is 7.19. The third-order valence-electron chi connectivity index (χ3n) is 4.06. The van der Waals surface area contributed by atoms with Gasteiger partial charge < -0.3 is 30.0 Å². The van der Waals surface area contributed by atoms with Gasteiger partial charge in [-0.1, -0.05) is 35.5 Å². The summed E-state index contributed by atoms with van der Waals surface area (Å²) in [6.45, 7) is -0.736. The molecule has 0 saturated carbocycles. The molecule has 1 aromatic carbocycles. The Balaban J connectivity index is 1.79. The number of rotatable bonds is 5. The van der Waals surface area contributed by atoms with Gasteiger partial charge in [0.1, 0.15) is 29.9 Å². The molecule has 1 saturated heterocycles. The molecule has 3 rings (SSSR count). The molecular formula is C15H17NO7. The van der Waals surface area contributed by atoms with Crippen LogP contribution < -0.4 is 0 Å². The fourth-order valence-corrected chi connectivity index (χ4v) is 2.80. The predicted molar refractivity (Wildman–Crippen MR) is 76.3 cm³/mol. The van der Waals surface area contributed by atoms with Gasteiger partial charge in [-0.3, -0.25) is 4.79 Å². The van der Waals surface area contributed by atoms with Gasteiger partial charge in [-0.25, -0.2) is 0 Å². The van der Waals surface area contributed by atoms with Crippen LogP contribution in [0.5, 0.6) is 0 Å². The SMILES string of the molecule is O=C1O[C@H]([C@@H](O)[C@@H](O)[C@H](O)CO)[C@H]2ON=C(c3ccccc3)[C@@H]12. The molecule has 23 heavy (non-hydrogen) atoms. The van der Waals surface area contributed by atoms with Gasteiger partial charge in [-0.15, -0.1) is 0 Å². The third kappa shape index (κ3) is 2.70. The normalized spacial score (nSPS) is 30.0. The fraction of sp³-hybridized carbons (Fsp3) is 0.467. The van der Waals surface area contributed by atoms with Crippen molar-refractivity contribution in [2.45, 2.75) is 30.5 Å². The highest BCUT2D eigenvalue weighted by molar-refractivity contribution is 6.13. The molecule has 2 aliphatic rings. The first-order valence-electron chi connectivity index (χ1n) is 7.19. The highest BCUT2D eigenvalue weighted by atomic mass is 16.7. The molecule has 0 radical (unpaired) electrons. The van der Waals surface area contributed by atoms with Crippen LogP contribution >= 0.6 is 0 Å². The summed E-state index contributed by atoms with van der Waals surface area (Å²) in [6, 6.07) is 8.94. The molecule has 0 aromatic heterocycles. The van der Waals surface area contributed by atoms with Gasteiger partial charge in [-0.2, -0.15) is 0 Å². The van der Waals surface area contributed by atoms with E-state index in [2.05, 4.69) is 5.16 Å². The monoisotopic (exact) mass is 323 g/mol. The Morgan fingerprint density at radius 2 is 1.87 bits per heavy atom. The first-order chi connectivity index (χ1) is 11.0. The molecule has 0 amide bonds. The lowest BCUT2D eigenvalue weighted by molar-refractivity contribution is -0.161. The Morgan fingerprint density at radius 1 is 1.17 bits per heavy atom. The number of oxime groups is 1. The van der Waals surface area contributed by atoms with Crippen molar-refractivity contribution in [3.05, 3.63) is 35.9 Å². The van der Waals surface area contributed by atoms with Gasteiger partial charge in [0, 0.05) is 5.56 Å². The number of nitrogens with zero attached hydrogens (tertiary/aromatic N) is 1. The smallest absolute Gasteiger partial charge is 0.319 e. The summed E-state index contributed by atoms with van der Waals surface area (Å²) in [7, 11) is 0. The van der Waals surface area contributed by atoms with Crippen LogP contribution in [0.15, 0.2) is 35.5 Å². The zero-order valence-electron chi connectivity index (χ0n) is 12.0. The van der Waals surface area contributed by atoms with Gasteiger partial charge in [-0.05, 0) is 0 Å². The van der Waals surface area contributed by atoms with Gasteiger partial charge in [0.15, 0.2) is 12.2 Å². The number of aliphatic hydroxyl groups is 4. The summed E-state index contributed by atoms with van der Waals surface area (Å²) in [6.07, 6.45) is -6.93. The van der Waals surface area contributed by atoms with Crippen molar-refractivity contribution < 1.29 is 34.8 Å². The Morgan fingerprint density at radius 3 is 2.52 bits per heavy atom. The number of carbonyl (C=O) groups excluding carboxylic acids is 1. The average molecular weight is 323 g/mol. The second kappa shape index (κ2) is 6.25. The van der Waals surface area contributed by atoms with E-state index in [1.165, 1.54) is 0 Å². The van der Waals surface area contributed by atoms with Crippen molar-refractivity contribution in [3.63, 3.8) is 0 Å². The number of cyclic esters (lactones) is 1. The van der Waals surface area contributed by atoms with E-state index in [-0.39, 0.29) is 0 Å². The number of fused-ring (bicyclic) bond motifs is 1. The van der Waals surface area contributed by atoms with Gasteiger partial charge in [0.05, 0.1) is 6.61 Å². The quantitative estimate of drug-likeness (QED) is 0.481. The zero-order valence-corrected chi connectivity index (χ0v) is 12.0. The summed E-state index contributed by atoms with van der Waals surface area (Å²) in [4.78, 5) is 17.4. The van der Waals surface area contributed by atoms with Crippen molar-refractivity contribution in [1.29, 1.82) is 0 Å². The molecule has 124 valence electrons. The molecule has 2 aliphatic heterocycles. The molecular weight excluding hydrogens is 306 g/mol. The Kier molecular flexibility index (Phi) is 4.31. The van der Waals surface area contributed by atoms with E-state index in [0.717, 1.165) is 0 Å². The average Bonchev–Trinajstić information content (AvgIpc) is 3.15. The molecule has 0 bridgehead atoms. The molecule has 8 nitrogen and oxygen atoms in total. The molecule has 2 heterocycles. The molecule has 8 heteroatoms. The molecule has 6 atom stereocenters. The van der Waals surface area contributed by atoms with Crippen molar-refractivity contribution in [1.82, 2.24) is 0 Å². The van der Waals surface area contributed by atoms with Gasteiger partial charge in [0.25, 0.3) is 0 Å². The number of esters is 1. The van der Waals surface area contributed by atoms with Crippen LogP contribution in [-0.2, 0) is 14.4 Å². The molecule has 0 unspecified atom stereocenters. The van der Waals surface area contributed by atoms with Crippen LogP contribution in [0.2, 0.25) is 0 Å². The zero-order chi connectivity index (χ0) is 16.6. The van der Waals surface area contributed by atoms with Crippen LogP contribution in [0.1, 0.15) is 5.56 Å². The van der Waals surface area contributed by atoms with E-state index in [0.29, 0.717) is 11.3 Å². The van der Waals surface area contributed by atoms with Crippen LogP contribution in [0.4, 0.5) is 0 Å². The number of carbonyl (C=O) groups is 1. The minimum absolute atomic E-state index is 0.396. The van der Waals surface area contributed by atoms with E-state index in [9.17, 15) is 20.1 Å². The van der Waals surface area contributed by atoms with Crippen LogP contribution in [0.3, 0.4) is 0 Å². The standard InChI is InChI=1S/C15H17NO7/c17-6-8(18)11(19)12(20)14-13-9(15(21)22-14)10(16-23-13)7-4-2-1-3-5-7/h1-5,8-9,11-14,17-20H,6H2/t8-,9-,11+,12+,13+,14-/m1/s1. The summed E-state index contributed by atoms with van der Waals surface area (Å²) in [5.74, 6) is -1.43. The number of aliphatic hydroxyl groups excluding tert-OH is 4. The van der Waals surface area contributed by atoms with E-state index >= 15 is 0 Å². The predicted octanol–water partition coefficient (Wildman–Crippen LogP) is -1.59. The molecule has 0 spiro atoms. The van der Waals surface area contributed by atoms with Crippen molar-refractivity contribution in [2.24, 2.45) is 11.1 Å². The maximum atomic E-state index is 12.1. The highest BCUT2D eigenvalue weighted by Crippen LogP contribution is 2.35. The summed E-state index contributed by atoms with van der Waals surface area (Å²) in [5.41, 5.74) is 1.09. The maximum absolute atomic E-state index is 12.1. The van der Waals surface area contributed by atoms with Crippen molar-refractivity contribution in [2.75, 3.05) is 6.61 Å². The van der Waals surface area contributed by atoms with Crippen molar-refractivity contribution >= 4 is 11.7 Å². The first kappa shape index (κ1) is 15.9. The molecule has 4 N–H and O–H groups in total. The summed E-state index contributed by atoms with van der Waals surface area (Å²) >= 11 is 0. The van der Waals surface area contributed by atoms with Crippen LogP contribution in [0, 0.1) is 5.92 Å². The largest absolute Gasteiger partial charge is 0.455 e.